The van der Waals surface area contributed by atoms with Crippen molar-refractivity contribution in [2.24, 2.45) is 5.41 Å². The average molecular weight is 243 g/mol. The van der Waals surface area contributed by atoms with Crippen LogP contribution in [0.3, 0.4) is 0 Å². The first-order valence-electron chi connectivity index (χ1n) is 6.99. The van der Waals surface area contributed by atoms with Crippen LogP contribution in [0.25, 0.3) is 0 Å². The van der Waals surface area contributed by atoms with Crippen LogP contribution in [0.1, 0.15) is 34.1 Å². The predicted molar refractivity (Wildman–Crippen MR) is 77.6 cm³/mol. The van der Waals surface area contributed by atoms with Gasteiger partial charge in [0, 0.05) is 13.1 Å². The number of nitrogens with zero attached hydrogens (tertiary/aromatic N) is 2. The highest BCUT2D eigenvalue weighted by Crippen LogP contribution is 2.15. The Bertz CT molecular complexity index is 178. The largest absolute Gasteiger partial charge is 0.316 e. The van der Waals surface area contributed by atoms with Crippen LogP contribution in [0.4, 0.5) is 0 Å². The summed E-state index contributed by atoms with van der Waals surface area (Å²) in [4.78, 5) is 4.83. The van der Waals surface area contributed by atoms with Crippen molar-refractivity contribution in [2.75, 3.05) is 53.4 Å². The summed E-state index contributed by atoms with van der Waals surface area (Å²) in [5, 5.41) is 3.46. The first-order chi connectivity index (χ1) is 7.91. The van der Waals surface area contributed by atoms with Gasteiger partial charge in [0.15, 0.2) is 0 Å². The second-order valence-corrected chi connectivity index (χ2v) is 5.97. The molecule has 0 radical (unpaired) electrons. The molecule has 0 aromatic carbocycles. The molecule has 0 saturated carbocycles. The van der Waals surface area contributed by atoms with E-state index in [1.165, 1.54) is 26.1 Å². The van der Waals surface area contributed by atoms with Gasteiger partial charge < -0.3 is 15.1 Å². The lowest BCUT2D eigenvalue weighted by Crippen LogP contribution is -2.41. The van der Waals surface area contributed by atoms with Gasteiger partial charge in [0.25, 0.3) is 0 Å². The van der Waals surface area contributed by atoms with Crippen molar-refractivity contribution in [3.63, 3.8) is 0 Å². The molecule has 0 unspecified atom stereocenters. The Hall–Kier alpha value is -0.120. The SMILES string of the molecule is CCNCC(C)(C)CN(CC)CCCN(C)C. The highest BCUT2D eigenvalue weighted by atomic mass is 15.1. The van der Waals surface area contributed by atoms with E-state index in [4.69, 9.17) is 0 Å². The Balaban J connectivity index is 3.93. The second-order valence-electron chi connectivity index (χ2n) is 5.97. The van der Waals surface area contributed by atoms with Crippen molar-refractivity contribution in [1.29, 1.82) is 0 Å². The summed E-state index contributed by atoms with van der Waals surface area (Å²) in [5.41, 5.74) is 0.365. The minimum atomic E-state index is 0.365. The Morgan fingerprint density at radius 2 is 1.71 bits per heavy atom. The first kappa shape index (κ1) is 16.9. The molecule has 0 fully saturated rings. The molecule has 3 heteroatoms. The Morgan fingerprint density at radius 3 is 2.18 bits per heavy atom. The highest BCUT2D eigenvalue weighted by molar-refractivity contribution is 4.76. The van der Waals surface area contributed by atoms with Crippen molar-refractivity contribution in [2.45, 2.75) is 34.1 Å². The van der Waals surface area contributed by atoms with E-state index >= 15 is 0 Å². The predicted octanol–water partition coefficient (Wildman–Crippen LogP) is 1.90. The molecule has 0 aliphatic heterocycles. The van der Waals surface area contributed by atoms with Gasteiger partial charge >= 0.3 is 0 Å². The maximum atomic E-state index is 3.46. The lowest BCUT2D eigenvalue weighted by atomic mass is 9.92. The first-order valence-corrected chi connectivity index (χ1v) is 6.99. The third-order valence-corrected chi connectivity index (χ3v) is 3.03. The minimum Gasteiger partial charge on any atom is -0.316 e. The fourth-order valence-electron chi connectivity index (χ4n) is 2.08. The van der Waals surface area contributed by atoms with E-state index in [-0.39, 0.29) is 0 Å². The fraction of sp³-hybridized carbons (Fsp3) is 1.00. The fourth-order valence-corrected chi connectivity index (χ4v) is 2.08. The van der Waals surface area contributed by atoms with Gasteiger partial charge in [-0.05, 0) is 52.1 Å². The maximum Gasteiger partial charge on any atom is 0.00447 e. The summed E-state index contributed by atoms with van der Waals surface area (Å²) in [6.45, 7) is 16.0. The number of nitrogens with one attached hydrogen (secondary N) is 1. The van der Waals surface area contributed by atoms with E-state index < -0.39 is 0 Å². The third-order valence-electron chi connectivity index (χ3n) is 3.03. The number of hydrogen-bond acceptors (Lipinski definition) is 3. The summed E-state index contributed by atoms with van der Waals surface area (Å²) >= 11 is 0. The molecule has 0 spiro atoms. The standard InChI is InChI=1S/C14H33N3/c1-7-15-12-14(3,4)13-17(8-2)11-9-10-16(5)6/h15H,7-13H2,1-6H3. The summed E-state index contributed by atoms with van der Waals surface area (Å²) < 4.78 is 0. The van der Waals surface area contributed by atoms with Gasteiger partial charge in [-0.25, -0.2) is 0 Å². The van der Waals surface area contributed by atoms with E-state index in [1.807, 2.05) is 0 Å². The zero-order chi connectivity index (χ0) is 13.3. The normalized spacial score (nSPS) is 12.7. The molecule has 0 aliphatic rings. The molecular weight excluding hydrogens is 210 g/mol. The third kappa shape index (κ3) is 9.57. The molecule has 0 aliphatic carbocycles. The molecule has 3 nitrogen and oxygen atoms in total. The summed E-state index contributed by atoms with van der Waals surface area (Å²) in [6, 6.07) is 0. The van der Waals surface area contributed by atoms with Crippen LogP contribution in [0.5, 0.6) is 0 Å². The summed E-state index contributed by atoms with van der Waals surface area (Å²) in [5.74, 6) is 0. The molecule has 0 atom stereocenters. The van der Waals surface area contributed by atoms with E-state index in [0.29, 0.717) is 5.41 Å². The molecule has 104 valence electrons. The molecule has 0 saturated heterocycles. The van der Waals surface area contributed by atoms with Crippen LogP contribution < -0.4 is 5.32 Å². The zero-order valence-electron chi connectivity index (χ0n) is 12.8. The molecule has 0 amide bonds. The van der Waals surface area contributed by atoms with Gasteiger partial charge in [0.05, 0.1) is 0 Å². The van der Waals surface area contributed by atoms with Crippen molar-refractivity contribution >= 4 is 0 Å². The number of hydrogen-bond donors (Lipinski definition) is 1. The molecule has 0 aromatic rings. The Kier molecular flexibility index (Phi) is 8.83. The Labute approximate surface area is 109 Å². The monoisotopic (exact) mass is 243 g/mol. The van der Waals surface area contributed by atoms with E-state index in [9.17, 15) is 0 Å². The number of rotatable bonds is 10. The summed E-state index contributed by atoms with van der Waals surface area (Å²) in [6.07, 6.45) is 1.26. The van der Waals surface area contributed by atoms with Gasteiger partial charge in [-0.15, -0.1) is 0 Å². The highest BCUT2D eigenvalue weighted by Gasteiger charge is 2.20. The van der Waals surface area contributed by atoms with Crippen LogP contribution in [-0.4, -0.2) is 63.2 Å². The molecule has 0 aromatic heterocycles. The Morgan fingerprint density at radius 1 is 1.06 bits per heavy atom. The van der Waals surface area contributed by atoms with Crippen molar-refractivity contribution < 1.29 is 0 Å². The maximum absolute atomic E-state index is 3.46. The van der Waals surface area contributed by atoms with Crippen LogP contribution >= 0.6 is 0 Å². The molecular formula is C14H33N3. The zero-order valence-corrected chi connectivity index (χ0v) is 12.8. The van der Waals surface area contributed by atoms with Crippen molar-refractivity contribution in [3.8, 4) is 0 Å². The van der Waals surface area contributed by atoms with Crippen molar-refractivity contribution in [1.82, 2.24) is 15.1 Å². The van der Waals surface area contributed by atoms with Crippen molar-refractivity contribution in [3.05, 3.63) is 0 Å². The van der Waals surface area contributed by atoms with Gasteiger partial charge in [0.2, 0.25) is 0 Å². The lowest BCUT2D eigenvalue weighted by molar-refractivity contribution is 0.175. The molecule has 0 bridgehead atoms. The quantitative estimate of drug-likeness (QED) is 0.632. The summed E-state index contributed by atoms with van der Waals surface area (Å²) in [7, 11) is 4.29. The smallest absolute Gasteiger partial charge is 0.00447 e. The average Bonchev–Trinajstić information content (AvgIpc) is 2.24. The van der Waals surface area contributed by atoms with Crippen LogP contribution in [0, 0.1) is 5.41 Å². The lowest BCUT2D eigenvalue weighted by Gasteiger charge is -2.32. The van der Waals surface area contributed by atoms with Crippen LogP contribution in [0.15, 0.2) is 0 Å². The second kappa shape index (κ2) is 8.90. The molecule has 1 N–H and O–H groups in total. The molecule has 0 rings (SSSR count). The van der Waals surface area contributed by atoms with Gasteiger partial charge in [-0.2, -0.15) is 0 Å². The van der Waals surface area contributed by atoms with Gasteiger partial charge in [-0.1, -0.05) is 27.7 Å². The van der Waals surface area contributed by atoms with Gasteiger partial charge in [0.1, 0.15) is 0 Å². The molecule has 0 heterocycles. The van der Waals surface area contributed by atoms with E-state index in [0.717, 1.165) is 19.6 Å². The van der Waals surface area contributed by atoms with Crippen LogP contribution in [-0.2, 0) is 0 Å². The van der Waals surface area contributed by atoms with E-state index in [2.05, 4.69) is 56.9 Å². The van der Waals surface area contributed by atoms with Crippen LogP contribution in [0.2, 0.25) is 0 Å². The molecule has 17 heavy (non-hydrogen) atoms. The topological polar surface area (TPSA) is 18.5 Å². The minimum absolute atomic E-state index is 0.365. The van der Waals surface area contributed by atoms with E-state index in [1.54, 1.807) is 0 Å². The van der Waals surface area contributed by atoms with Gasteiger partial charge in [-0.3, -0.25) is 0 Å².